The number of benzene rings is 3. The summed E-state index contributed by atoms with van der Waals surface area (Å²) in [7, 11) is -4.17. The Morgan fingerprint density at radius 3 is 2.24 bits per heavy atom. The lowest BCUT2D eigenvalue weighted by Gasteiger charge is -2.29. The van der Waals surface area contributed by atoms with E-state index < -0.39 is 28.3 Å². The van der Waals surface area contributed by atoms with E-state index in [-0.39, 0.29) is 10.6 Å². The fourth-order valence-electron chi connectivity index (χ4n) is 3.58. The minimum absolute atomic E-state index is 0.0316. The van der Waals surface area contributed by atoms with Crippen molar-refractivity contribution in [1.82, 2.24) is 0 Å². The van der Waals surface area contributed by atoms with Gasteiger partial charge >= 0.3 is 0 Å². The van der Waals surface area contributed by atoms with Crippen LogP contribution in [0, 0.1) is 5.82 Å². The summed E-state index contributed by atoms with van der Waals surface area (Å²) in [6, 6.07) is 20.4. The summed E-state index contributed by atoms with van der Waals surface area (Å²) in [6.45, 7) is 2.34. The zero-order valence-corrected chi connectivity index (χ0v) is 18.7. The van der Waals surface area contributed by atoms with Crippen LogP contribution in [-0.4, -0.2) is 47.2 Å². The predicted molar refractivity (Wildman–Crippen MR) is 125 cm³/mol. The Labute approximate surface area is 192 Å². The molecule has 0 aromatic heterocycles. The molecule has 0 saturated carbocycles. The molecule has 1 aliphatic rings. The van der Waals surface area contributed by atoms with Crippen LogP contribution in [0.4, 0.5) is 21.5 Å². The summed E-state index contributed by atoms with van der Waals surface area (Å²) in [5.41, 5.74) is 1.33. The highest BCUT2D eigenvalue weighted by atomic mass is 32.2. The lowest BCUT2D eigenvalue weighted by molar-refractivity contribution is -0.114. The van der Waals surface area contributed by atoms with E-state index in [1.54, 1.807) is 30.3 Å². The molecule has 1 aliphatic heterocycles. The van der Waals surface area contributed by atoms with Crippen LogP contribution in [0.3, 0.4) is 0 Å². The first kappa shape index (κ1) is 22.8. The van der Waals surface area contributed by atoms with E-state index in [0.29, 0.717) is 18.9 Å². The second kappa shape index (κ2) is 10.0. The van der Waals surface area contributed by atoms with Gasteiger partial charge in [-0.3, -0.25) is 9.10 Å². The summed E-state index contributed by atoms with van der Waals surface area (Å²) in [5.74, 6) is -1.32. The molecule has 1 saturated heterocycles. The number of rotatable bonds is 7. The third-order valence-corrected chi connectivity index (χ3v) is 7.04. The topological polar surface area (TPSA) is 79.0 Å². The van der Waals surface area contributed by atoms with E-state index in [1.807, 2.05) is 12.1 Å². The first-order valence-corrected chi connectivity index (χ1v) is 11.9. The molecule has 0 radical (unpaired) electrons. The molecule has 1 heterocycles. The summed E-state index contributed by atoms with van der Waals surface area (Å²) < 4.78 is 47.2. The molecule has 3 aromatic carbocycles. The van der Waals surface area contributed by atoms with Crippen molar-refractivity contribution >= 4 is 33.0 Å². The van der Waals surface area contributed by atoms with Crippen molar-refractivity contribution in [3.05, 3.63) is 84.7 Å². The Kier molecular flexibility index (Phi) is 6.90. The molecule has 1 N–H and O–H groups in total. The van der Waals surface area contributed by atoms with Gasteiger partial charge in [-0.15, -0.1) is 0 Å². The van der Waals surface area contributed by atoms with Gasteiger partial charge in [0, 0.05) is 24.5 Å². The Balaban J connectivity index is 1.54. The summed E-state index contributed by atoms with van der Waals surface area (Å²) in [6.07, 6.45) is 0. The minimum atomic E-state index is -4.17. The number of halogens is 1. The van der Waals surface area contributed by atoms with Gasteiger partial charge in [0.25, 0.3) is 10.0 Å². The Hall–Kier alpha value is -3.43. The van der Waals surface area contributed by atoms with Crippen LogP contribution >= 0.6 is 0 Å². The molecule has 1 fully saturated rings. The molecule has 0 spiro atoms. The number of carbonyl (C=O) groups excluding carboxylic acids is 1. The highest BCUT2D eigenvalue weighted by Crippen LogP contribution is 2.26. The standard InChI is InChI=1S/C24H24FN3O4S/c25-22-8-4-5-9-23(22)28(33(30,31)21-6-2-1-3-7-21)18-24(29)26-19-10-12-20(13-11-19)27-14-16-32-17-15-27/h1-13H,14-18H2,(H,26,29). The number of hydrogen-bond acceptors (Lipinski definition) is 5. The number of anilines is 3. The Morgan fingerprint density at radius 1 is 0.939 bits per heavy atom. The van der Waals surface area contributed by atoms with Crippen LogP contribution in [0.25, 0.3) is 0 Å². The van der Waals surface area contributed by atoms with Crippen molar-refractivity contribution in [3.8, 4) is 0 Å². The van der Waals surface area contributed by atoms with Gasteiger partial charge in [-0.25, -0.2) is 12.8 Å². The summed E-state index contributed by atoms with van der Waals surface area (Å²) in [5, 5.41) is 2.70. The molecule has 3 aromatic rings. The average molecular weight is 470 g/mol. The molecule has 0 atom stereocenters. The van der Waals surface area contributed by atoms with Gasteiger partial charge in [0.15, 0.2) is 0 Å². The quantitative estimate of drug-likeness (QED) is 0.573. The fraction of sp³-hybridized carbons (Fsp3) is 0.208. The van der Waals surface area contributed by atoms with E-state index in [9.17, 15) is 17.6 Å². The zero-order chi connectivity index (χ0) is 23.3. The van der Waals surface area contributed by atoms with E-state index in [1.165, 1.54) is 30.3 Å². The number of carbonyl (C=O) groups is 1. The van der Waals surface area contributed by atoms with Gasteiger partial charge in [-0.1, -0.05) is 30.3 Å². The molecule has 172 valence electrons. The smallest absolute Gasteiger partial charge is 0.264 e. The van der Waals surface area contributed by atoms with Crippen molar-refractivity contribution in [2.45, 2.75) is 4.90 Å². The second-order valence-corrected chi connectivity index (χ2v) is 9.33. The lowest BCUT2D eigenvalue weighted by Crippen LogP contribution is -2.38. The second-order valence-electron chi connectivity index (χ2n) is 7.47. The number of ether oxygens (including phenoxy) is 1. The first-order chi connectivity index (χ1) is 15.9. The first-order valence-electron chi connectivity index (χ1n) is 10.5. The molecule has 0 unspecified atom stereocenters. The van der Waals surface area contributed by atoms with Gasteiger partial charge in [0.1, 0.15) is 12.4 Å². The van der Waals surface area contributed by atoms with Gasteiger partial charge < -0.3 is 15.0 Å². The van der Waals surface area contributed by atoms with E-state index in [2.05, 4.69) is 10.2 Å². The van der Waals surface area contributed by atoms with E-state index in [4.69, 9.17) is 4.74 Å². The number of nitrogens with zero attached hydrogens (tertiary/aromatic N) is 2. The number of nitrogens with one attached hydrogen (secondary N) is 1. The third kappa shape index (κ3) is 5.32. The fourth-order valence-corrected chi connectivity index (χ4v) is 5.03. The van der Waals surface area contributed by atoms with Crippen LogP contribution in [0.15, 0.2) is 83.8 Å². The van der Waals surface area contributed by atoms with Gasteiger partial charge in [0.05, 0.1) is 23.8 Å². The number of amides is 1. The molecule has 0 aliphatic carbocycles. The van der Waals surface area contributed by atoms with Crippen molar-refractivity contribution in [3.63, 3.8) is 0 Å². The maximum atomic E-state index is 14.5. The van der Waals surface area contributed by atoms with Gasteiger partial charge in [-0.05, 0) is 48.5 Å². The lowest BCUT2D eigenvalue weighted by atomic mass is 10.2. The molecule has 0 bridgehead atoms. The Morgan fingerprint density at radius 2 is 1.58 bits per heavy atom. The third-order valence-electron chi connectivity index (χ3n) is 5.27. The van der Waals surface area contributed by atoms with Crippen LogP contribution in [0.2, 0.25) is 0 Å². The van der Waals surface area contributed by atoms with Crippen molar-refractivity contribution in [2.75, 3.05) is 47.4 Å². The van der Waals surface area contributed by atoms with Crippen molar-refractivity contribution in [1.29, 1.82) is 0 Å². The molecule has 4 rings (SSSR count). The molecule has 9 heteroatoms. The highest BCUT2D eigenvalue weighted by Gasteiger charge is 2.29. The molecular formula is C24H24FN3O4S. The van der Waals surface area contributed by atoms with Crippen molar-refractivity contribution < 1.29 is 22.3 Å². The molecule has 33 heavy (non-hydrogen) atoms. The Bertz CT molecular complexity index is 1200. The summed E-state index contributed by atoms with van der Waals surface area (Å²) in [4.78, 5) is 15.0. The van der Waals surface area contributed by atoms with Crippen molar-refractivity contribution in [2.24, 2.45) is 0 Å². The molecule has 1 amide bonds. The largest absolute Gasteiger partial charge is 0.378 e. The number of sulfonamides is 1. The van der Waals surface area contributed by atoms with Gasteiger partial charge in [-0.2, -0.15) is 0 Å². The number of para-hydroxylation sites is 1. The zero-order valence-electron chi connectivity index (χ0n) is 17.9. The maximum absolute atomic E-state index is 14.5. The van der Waals surface area contributed by atoms with Crippen LogP contribution in [0.5, 0.6) is 0 Å². The number of morpholine rings is 1. The van der Waals surface area contributed by atoms with Crippen LogP contribution < -0.4 is 14.5 Å². The summed E-state index contributed by atoms with van der Waals surface area (Å²) >= 11 is 0. The average Bonchev–Trinajstić information content (AvgIpc) is 2.84. The molecular weight excluding hydrogens is 445 g/mol. The van der Waals surface area contributed by atoms with Gasteiger partial charge in [0.2, 0.25) is 5.91 Å². The highest BCUT2D eigenvalue weighted by molar-refractivity contribution is 7.92. The monoisotopic (exact) mass is 469 g/mol. The predicted octanol–water partition coefficient (Wildman–Crippen LogP) is 3.50. The minimum Gasteiger partial charge on any atom is -0.378 e. The number of hydrogen-bond donors (Lipinski definition) is 1. The normalized spacial score (nSPS) is 14.0. The SMILES string of the molecule is O=C(CN(c1ccccc1F)S(=O)(=O)c1ccccc1)Nc1ccc(N2CCOCC2)cc1. The van der Waals surface area contributed by atoms with Crippen LogP contribution in [0.1, 0.15) is 0 Å². The van der Waals surface area contributed by atoms with Crippen LogP contribution in [-0.2, 0) is 19.6 Å². The van der Waals surface area contributed by atoms with E-state index >= 15 is 0 Å². The van der Waals surface area contributed by atoms with E-state index in [0.717, 1.165) is 29.1 Å². The molecule has 7 nitrogen and oxygen atoms in total. The maximum Gasteiger partial charge on any atom is 0.264 e.